The van der Waals surface area contributed by atoms with Crippen LogP contribution in [0, 0.1) is 12.5 Å². The van der Waals surface area contributed by atoms with Crippen LogP contribution in [-0.2, 0) is 6.42 Å². The van der Waals surface area contributed by atoms with Crippen LogP contribution < -0.4 is 0 Å². The Hall–Kier alpha value is -1.99. The molecule has 0 bridgehead atoms. The van der Waals surface area contributed by atoms with Gasteiger partial charge in [0.25, 0.3) is 0 Å². The zero-order valence-corrected chi connectivity index (χ0v) is 16.3. The summed E-state index contributed by atoms with van der Waals surface area (Å²) in [5, 5.41) is 31.9. The number of aromatic hydroxyl groups is 2. The molecule has 0 saturated carbocycles. The predicted molar refractivity (Wildman–Crippen MR) is 104 cm³/mol. The van der Waals surface area contributed by atoms with Crippen LogP contribution in [0.2, 0.25) is 0 Å². The number of phenolic OH excluding ortho intramolecular Hbond substituents is 2. The van der Waals surface area contributed by atoms with E-state index in [1.54, 1.807) is 26.0 Å². The second-order valence-corrected chi connectivity index (χ2v) is 8.08. The number of phenols is 2. The van der Waals surface area contributed by atoms with E-state index in [-0.39, 0.29) is 29.4 Å². The summed E-state index contributed by atoms with van der Waals surface area (Å²) in [5.41, 5.74) is 1.28. The molecule has 0 aliphatic heterocycles. The van der Waals surface area contributed by atoms with Crippen molar-refractivity contribution in [1.82, 2.24) is 0 Å². The molecule has 1 aromatic rings. The number of aliphatic hydroxyl groups is 1. The van der Waals surface area contributed by atoms with Crippen molar-refractivity contribution in [2.45, 2.75) is 77.4 Å². The number of aryl methyl sites for hydroxylation is 1. The van der Waals surface area contributed by atoms with Crippen molar-refractivity contribution < 1.29 is 15.3 Å². The highest BCUT2D eigenvalue weighted by Gasteiger charge is 2.43. The quantitative estimate of drug-likeness (QED) is 0.384. The summed E-state index contributed by atoms with van der Waals surface area (Å²) in [6, 6.07) is 3.20. The number of hydrogen-bond donors (Lipinski definition) is 3. The van der Waals surface area contributed by atoms with E-state index in [1.807, 2.05) is 13.0 Å². The van der Waals surface area contributed by atoms with E-state index in [1.165, 1.54) is 0 Å². The molecule has 142 valence electrons. The van der Waals surface area contributed by atoms with Gasteiger partial charge in [0, 0.05) is 29.4 Å². The van der Waals surface area contributed by atoms with Gasteiger partial charge in [-0.2, -0.15) is 0 Å². The van der Waals surface area contributed by atoms with Crippen molar-refractivity contribution in [1.29, 1.82) is 0 Å². The molecule has 4 nitrogen and oxygen atoms in total. The number of hydrogen-bond acceptors (Lipinski definition) is 3. The monoisotopic (exact) mass is 357 g/mol. The van der Waals surface area contributed by atoms with Gasteiger partial charge in [0.05, 0.1) is 5.60 Å². The third kappa shape index (κ3) is 4.40. The zero-order chi connectivity index (χ0) is 19.5. The van der Waals surface area contributed by atoms with E-state index in [2.05, 4.69) is 11.8 Å². The normalized spacial score (nSPS) is 23.4. The first-order chi connectivity index (χ1) is 12.2. The smallest absolute Gasteiger partial charge is 0.244 e. The maximum atomic E-state index is 10.7. The maximum absolute atomic E-state index is 10.7. The van der Waals surface area contributed by atoms with Gasteiger partial charge < -0.3 is 20.2 Å². The molecule has 26 heavy (non-hydrogen) atoms. The molecule has 0 amide bonds. The molecule has 0 radical (unpaired) electrons. The largest absolute Gasteiger partial charge is 0.507 e. The summed E-state index contributed by atoms with van der Waals surface area (Å²) in [5.74, 6) is -0.437. The Kier molecular flexibility index (Phi) is 6.36. The molecule has 3 N–H and O–H groups in total. The Labute approximate surface area is 157 Å². The van der Waals surface area contributed by atoms with E-state index >= 15 is 0 Å². The lowest BCUT2D eigenvalue weighted by molar-refractivity contribution is 0.00348. The third-order valence-corrected chi connectivity index (χ3v) is 5.54. The second kappa shape index (κ2) is 8.14. The summed E-state index contributed by atoms with van der Waals surface area (Å²) in [4.78, 5) is 3.67. The van der Waals surface area contributed by atoms with Crippen LogP contribution in [-0.4, -0.2) is 27.0 Å². The minimum Gasteiger partial charge on any atom is -0.507 e. The van der Waals surface area contributed by atoms with Crippen molar-refractivity contribution in [2.24, 2.45) is 5.92 Å². The number of rotatable bonds is 6. The molecular weight excluding hydrogens is 326 g/mol. The van der Waals surface area contributed by atoms with Crippen LogP contribution in [0.1, 0.15) is 70.4 Å². The van der Waals surface area contributed by atoms with Gasteiger partial charge in [-0.05, 0) is 51.3 Å². The highest BCUT2D eigenvalue weighted by molar-refractivity contribution is 5.52. The standard InChI is InChI=1S/C22H31NO3/c1-6-7-8-9-15-11-19(24)21(20(25)12-15)16-10-14(2)18(23-5)13-17(16)22(3,4)26/h10-12,16-18,24-26H,6-9,13H2,1-4H3. The fourth-order valence-corrected chi connectivity index (χ4v) is 3.99. The van der Waals surface area contributed by atoms with E-state index in [4.69, 9.17) is 6.57 Å². The lowest BCUT2D eigenvalue weighted by atomic mass is 9.68. The van der Waals surface area contributed by atoms with Gasteiger partial charge in [0.15, 0.2) is 0 Å². The minimum absolute atomic E-state index is 0.0704. The summed E-state index contributed by atoms with van der Waals surface area (Å²) in [7, 11) is 0. The first-order valence-electron chi connectivity index (χ1n) is 9.51. The Morgan fingerprint density at radius 2 is 1.81 bits per heavy atom. The van der Waals surface area contributed by atoms with Crippen LogP contribution in [0.3, 0.4) is 0 Å². The van der Waals surface area contributed by atoms with Crippen LogP contribution in [0.4, 0.5) is 0 Å². The molecule has 3 atom stereocenters. The summed E-state index contributed by atoms with van der Waals surface area (Å²) >= 11 is 0. The van der Waals surface area contributed by atoms with Crippen molar-refractivity contribution in [3.05, 3.63) is 46.3 Å². The molecule has 0 heterocycles. The van der Waals surface area contributed by atoms with Gasteiger partial charge in [-0.15, -0.1) is 0 Å². The molecule has 0 saturated heterocycles. The van der Waals surface area contributed by atoms with E-state index in [9.17, 15) is 15.3 Å². The van der Waals surface area contributed by atoms with E-state index < -0.39 is 5.60 Å². The summed E-state index contributed by atoms with van der Waals surface area (Å²) < 4.78 is 0. The highest BCUT2D eigenvalue weighted by atomic mass is 16.3. The molecule has 0 aromatic heterocycles. The predicted octanol–water partition coefficient (Wildman–Crippen LogP) is 4.94. The number of unbranched alkanes of at least 4 members (excludes halogenated alkanes) is 2. The van der Waals surface area contributed by atoms with Gasteiger partial charge in [-0.25, -0.2) is 6.57 Å². The van der Waals surface area contributed by atoms with Crippen molar-refractivity contribution >= 4 is 0 Å². The van der Waals surface area contributed by atoms with Gasteiger partial charge in [-0.3, -0.25) is 0 Å². The molecule has 1 aliphatic rings. The Bertz CT molecular complexity index is 686. The Morgan fingerprint density at radius 3 is 2.31 bits per heavy atom. The number of allylic oxidation sites excluding steroid dienone is 1. The van der Waals surface area contributed by atoms with Crippen molar-refractivity contribution in [3.8, 4) is 11.5 Å². The van der Waals surface area contributed by atoms with Gasteiger partial charge in [0.2, 0.25) is 6.04 Å². The number of benzene rings is 1. The van der Waals surface area contributed by atoms with Crippen LogP contribution in [0.5, 0.6) is 11.5 Å². The molecule has 4 heteroatoms. The Balaban J connectivity index is 2.44. The van der Waals surface area contributed by atoms with Crippen molar-refractivity contribution in [2.75, 3.05) is 0 Å². The average Bonchev–Trinajstić information content (AvgIpc) is 2.53. The van der Waals surface area contributed by atoms with Crippen LogP contribution >= 0.6 is 0 Å². The van der Waals surface area contributed by atoms with Gasteiger partial charge in [0.1, 0.15) is 11.5 Å². The van der Waals surface area contributed by atoms with E-state index in [0.29, 0.717) is 12.0 Å². The average molecular weight is 357 g/mol. The molecule has 0 spiro atoms. The second-order valence-electron chi connectivity index (χ2n) is 8.08. The molecule has 1 aromatic carbocycles. The number of nitrogens with zero attached hydrogens (tertiary/aromatic N) is 1. The SMILES string of the molecule is [C-]#[N+]C1CC(C(C)(C)O)C(c2c(O)cc(CCCCC)cc2O)C=C1C. The first-order valence-corrected chi connectivity index (χ1v) is 9.51. The van der Waals surface area contributed by atoms with Gasteiger partial charge in [-0.1, -0.05) is 25.8 Å². The van der Waals surface area contributed by atoms with Crippen molar-refractivity contribution in [3.63, 3.8) is 0 Å². The fraction of sp³-hybridized carbons (Fsp3) is 0.591. The highest BCUT2D eigenvalue weighted by Crippen LogP contribution is 2.48. The molecule has 2 rings (SSSR count). The van der Waals surface area contributed by atoms with E-state index in [0.717, 1.165) is 36.8 Å². The molecular formula is C22H31NO3. The van der Waals surface area contributed by atoms with Gasteiger partial charge >= 0.3 is 0 Å². The first kappa shape index (κ1) is 20.3. The maximum Gasteiger partial charge on any atom is 0.244 e. The molecule has 3 unspecified atom stereocenters. The topological polar surface area (TPSA) is 65.0 Å². The lowest BCUT2D eigenvalue weighted by Crippen LogP contribution is -2.39. The molecule has 0 fully saturated rings. The van der Waals surface area contributed by atoms with Crippen LogP contribution in [0.25, 0.3) is 4.85 Å². The Morgan fingerprint density at radius 1 is 1.19 bits per heavy atom. The lowest BCUT2D eigenvalue weighted by Gasteiger charge is -2.38. The van der Waals surface area contributed by atoms with Crippen LogP contribution in [0.15, 0.2) is 23.8 Å². The summed E-state index contributed by atoms with van der Waals surface area (Å²) in [6.45, 7) is 14.9. The fourth-order valence-electron chi connectivity index (χ4n) is 3.99. The third-order valence-electron chi connectivity index (χ3n) is 5.54. The summed E-state index contributed by atoms with van der Waals surface area (Å²) in [6.07, 6.45) is 6.53. The minimum atomic E-state index is -1.02. The molecule has 1 aliphatic carbocycles. The zero-order valence-electron chi connectivity index (χ0n) is 16.3.